The molecule has 0 atom stereocenters. The van der Waals surface area contributed by atoms with E-state index in [2.05, 4.69) is 4.72 Å². The van der Waals surface area contributed by atoms with Crippen molar-refractivity contribution in [3.8, 4) is 0 Å². The lowest BCUT2D eigenvalue weighted by molar-refractivity contribution is -0.145. The topological polar surface area (TPSA) is 83.5 Å². The van der Waals surface area contributed by atoms with Gasteiger partial charge in [0.25, 0.3) is 0 Å². The molecule has 0 aliphatic heterocycles. The van der Waals surface area contributed by atoms with E-state index in [1.165, 1.54) is 0 Å². The maximum Gasteiger partial charge on any atom is 0.306 e. The van der Waals surface area contributed by atoms with Crippen LogP contribution in [-0.2, 0) is 14.8 Å². The SMILES string of the molecule is O=C(O)C1CC(NS(=O)(=O)c2cc(F)cc(Cl)c2)C1. The Balaban J connectivity index is 2.09. The van der Waals surface area contributed by atoms with Gasteiger partial charge < -0.3 is 5.11 Å². The highest BCUT2D eigenvalue weighted by molar-refractivity contribution is 7.89. The van der Waals surface area contributed by atoms with Gasteiger partial charge in [-0.15, -0.1) is 0 Å². The number of rotatable bonds is 4. The van der Waals surface area contributed by atoms with Gasteiger partial charge >= 0.3 is 5.97 Å². The lowest BCUT2D eigenvalue weighted by atomic mass is 9.81. The van der Waals surface area contributed by atoms with E-state index in [4.69, 9.17) is 16.7 Å². The highest BCUT2D eigenvalue weighted by Crippen LogP contribution is 2.29. The molecule has 5 nitrogen and oxygen atoms in total. The van der Waals surface area contributed by atoms with Crippen molar-refractivity contribution in [3.05, 3.63) is 29.0 Å². The number of benzene rings is 1. The zero-order chi connectivity index (χ0) is 14.2. The van der Waals surface area contributed by atoms with E-state index in [9.17, 15) is 17.6 Å². The van der Waals surface area contributed by atoms with Gasteiger partial charge in [0.05, 0.1) is 10.8 Å². The van der Waals surface area contributed by atoms with Crippen molar-refractivity contribution >= 4 is 27.6 Å². The van der Waals surface area contributed by atoms with Crippen molar-refractivity contribution in [2.45, 2.75) is 23.8 Å². The molecule has 0 saturated heterocycles. The first-order valence-corrected chi connectivity index (χ1v) is 7.35. The molecule has 0 unspecified atom stereocenters. The van der Waals surface area contributed by atoms with Gasteiger partial charge in [-0.1, -0.05) is 11.6 Å². The van der Waals surface area contributed by atoms with Crippen LogP contribution in [0.2, 0.25) is 5.02 Å². The number of hydrogen-bond donors (Lipinski definition) is 2. The lowest BCUT2D eigenvalue weighted by Crippen LogP contribution is -2.46. The van der Waals surface area contributed by atoms with Gasteiger partial charge in [-0.3, -0.25) is 4.79 Å². The minimum Gasteiger partial charge on any atom is -0.481 e. The molecule has 0 heterocycles. The molecule has 0 spiro atoms. The summed E-state index contributed by atoms with van der Waals surface area (Å²) >= 11 is 5.60. The highest BCUT2D eigenvalue weighted by Gasteiger charge is 2.37. The third-order valence-electron chi connectivity index (χ3n) is 2.96. The molecule has 104 valence electrons. The van der Waals surface area contributed by atoms with Crippen LogP contribution in [0, 0.1) is 11.7 Å². The summed E-state index contributed by atoms with van der Waals surface area (Å²) in [5.74, 6) is -2.21. The molecule has 1 aliphatic rings. The molecular weight excluding hydrogens is 297 g/mol. The summed E-state index contributed by atoms with van der Waals surface area (Å²) in [7, 11) is -3.88. The van der Waals surface area contributed by atoms with E-state index >= 15 is 0 Å². The summed E-state index contributed by atoms with van der Waals surface area (Å²) in [4.78, 5) is 10.3. The van der Waals surface area contributed by atoms with Crippen molar-refractivity contribution in [1.82, 2.24) is 4.72 Å². The number of nitrogens with one attached hydrogen (secondary N) is 1. The Morgan fingerprint density at radius 1 is 1.37 bits per heavy atom. The number of halogens is 2. The quantitative estimate of drug-likeness (QED) is 0.885. The van der Waals surface area contributed by atoms with Crippen LogP contribution < -0.4 is 4.72 Å². The molecule has 1 aromatic rings. The average Bonchev–Trinajstić information content (AvgIpc) is 2.21. The van der Waals surface area contributed by atoms with Gasteiger partial charge in [0.1, 0.15) is 5.82 Å². The fourth-order valence-electron chi connectivity index (χ4n) is 1.89. The van der Waals surface area contributed by atoms with Crippen LogP contribution in [0.5, 0.6) is 0 Å². The minimum atomic E-state index is -3.88. The normalized spacial score (nSPS) is 22.8. The third kappa shape index (κ3) is 3.23. The van der Waals surface area contributed by atoms with Crippen LogP contribution in [0.25, 0.3) is 0 Å². The molecule has 0 amide bonds. The second kappa shape index (κ2) is 5.07. The monoisotopic (exact) mass is 307 g/mol. The number of carbonyl (C=O) groups is 1. The number of sulfonamides is 1. The second-order valence-electron chi connectivity index (χ2n) is 4.43. The molecule has 1 fully saturated rings. The molecule has 1 saturated carbocycles. The van der Waals surface area contributed by atoms with E-state index in [0.29, 0.717) is 0 Å². The molecule has 1 aromatic carbocycles. The van der Waals surface area contributed by atoms with Gasteiger partial charge in [-0.2, -0.15) is 0 Å². The summed E-state index contributed by atoms with van der Waals surface area (Å²) < 4.78 is 39.3. The van der Waals surface area contributed by atoms with E-state index in [1.54, 1.807) is 0 Å². The first-order valence-electron chi connectivity index (χ1n) is 5.49. The zero-order valence-electron chi connectivity index (χ0n) is 9.64. The van der Waals surface area contributed by atoms with Crippen molar-refractivity contribution in [3.63, 3.8) is 0 Å². The van der Waals surface area contributed by atoms with E-state index in [1.807, 2.05) is 0 Å². The van der Waals surface area contributed by atoms with Gasteiger partial charge in [0.15, 0.2) is 0 Å². The molecule has 8 heteroatoms. The summed E-state index contributed by atoms with van der Waals surface area (Å²) in [6, 6.07) is 2.57. The Hall–Kier alpha value is -1.18. The van der Waals surface area contributed by atoms with Gasteiger partial charge in [-0.25, -0.2) is 17.5 Å². The number of carboxylic acids is 1. The summed E-state index contributed by atoms with van der Waals surface area (Å²) in [6.45, 7) is 0. The molecule has 0 bridgehead atoms. The van der Waals surface area contributed by atoms with Crippen LogP contribution in [0.4, 0.5) is 4.39 Å². The molecule has 19 heavy (non-hydrogen) atoms. The zero-order valence-corrected chi connectivity index (χ0v) is 11.2. The second-order valence-corrected chi connectivity index (χ2v) is 6.58. The van der Waals surface area contributed by atoms with Crippen LogP contribution >= 0.6 is 11.6 Å². The lowest BCUT2D eigenvalue weighted by Gasteiger charge is -2.32. The Bertz CT molecular complexity index is 593. The Morgan fingerprint density at radius 3 is 2.53 bits per heavy atom. The highest BCUT2D eigenvalue weighted by atomic mass is 35.5. The third-order valence-corrected chi connectivity index (χ3v) is 4.67. The van der Waals surface area contributed by atoms with Crippen LogP contribution in [0.3, 0.4) is 0 Å². The molecule has 2 rings (SSSR count). The maximum atomic E-state index is 13.1. The minimum absolute atomic E-state index is 0.0163. The van der Waals surface area contributed by atoms with Crippen LogP contribution in [0.1, 0.15) is 12.8 Å². The number of hydrogen-bond acceptors (Lipinski definition) is 3. The van der Waals surface area contributed by atoms with Gasteiger partial charge in [-0.05, 0) is 31.0 Å². The van der Waals surface area contributed by atoms with Crippen molar-refractivity contribution in [1.29, 1.82) is 0 Å². The van der Waals surface area contributed by atoms with E-state index in [0.717, 1.165) is 18.2 Å². The Morgan fingerprint density at radius 2 is 2.00 bits per heavy atom. The number of carboxylic acid groups (broad SMARTS) is 1. The van der Waals surface area contributed by atoms with E-state index in [-0.39, 0.29) is 22.8 Å². The summed E-state index contributed by atoms with van der Waals surface area (Å²) in [5, 5.41) is 8.68. The largest absolute Gasteiger partial charge is 0.481 e. The predicted molar refractivity (Wildman–Crippen MR) is 65.9 cm³/mol. The standard InChI is InChI=1S/C11H11ClFNO4S/c12-7-3-8(13)5-10(4-7)19(17,18)14-9-1-6(2-9)11(15)16/h3-6,9,14H,1-2H2,(H,15,16). The molecule has 0 aromatic heterocycles. The molecular formula is C11H11ClFNO4S. The van der Waals surface area contributed by atoms with Gasteiger partial charge in [0.2, 0.25) is 10.0 Å². The number of aliphatic carboxylic acids is 1. The predicted octanol–water partition coefficient (Wildman–Crippen LogP) is 1.62. The fraction of sp³-hybridized carbons (Fsp3) is 0.364. The fourth-order valence-corrected chi connectivity index (χ4v) is 3.49. The molecule has 0 radical (unpaired) electrons. The molecule has 2 N–H and O–H groups in total. The van der Waals surface area contributed by atoms with Gasteiger partial charge in [0, 0.05) is 11.1 Å². The van der Waals surface area contributed by atoms with Crippen molar-refractivity contribution in [2.75, 3.05) is 0 Å². The smallest absolute Gasteiger partial charge is 0.306 e. The molecule has 1 aliphatic carbocycles. The summed E-state index contributed by atoms with van der Waals surface area (Å²) in [6.07, 6.45) is 0.467. The van der Waals surface area contributed by atoms with Crippen molar-refractivity contribution < 1.29 is 22.7 Å². The first-order chi connectivity index (χ1) is 8.78. The first kappa shape index (κ1) is 14.2. The van der Waals surface area contributed by atoms with Crippen LogP contribution in [-0.4, -0.2) is 25.5 Å². The average molecular weight is 308 g/mol. The Kier molecular flexibility index (Phi) is 3.80. The maximum absolute atomic E-state index is 13.1. The van der Waals surface area contributed by atoms with E-state index < -0.39 is 33.8 Å². The Labute approximate surface area is 114 Å². The van der Waals surface area contributed by atoms with Crippen LogP contribution in [0.15, 0.2) is 23.1 Å². The van der Waals surface area contributed by atoms with Crippen molar-refractivity contribution in [2.24, 2.45) is 5.92 Å². The summed E-state index contributed by atoms with van der Waals surface area (Å²) in [5.41, 5.74) is 0.